The van der Waals surface area contributed by atoms with E-state index in [1.54, 1.807) is 16.7 Å². The van der Waals surface area contributed by atoms with Crippen molar-refractivity contribution in [3.8, 4) is 0 Å². The Morgan fingerprint density at radius 3 is 3.00 bits per heavy atom. The minimum absolute atomic E-state index is 0.879. The predicted octanol–water partition coefficient (Wildman–Crippen LogP) is 2.33. The van der Waals surface area contributed by atoms with E-state index in [9.17, 15) is 0 Å². The van der Waals surface area contributed by atoms with Crippen LogP contribution in [0.5, 0.6) is 0 Å². The van der Waals surface area contributed by atoms with E-state index in [0.29, 0.717) is 0 Å². The number of nitrogens with one attached hydrogen (secondary N) is 1. The monoisotopic (exact) mass is 201 g/mol. The van der Waals surface area contributed by atoms with E-state index in [0.717, 1.165) is 5.92 Å². The molecule has 80 valence electrons. The molecule has 1 nitrogen and oxygen atoms in total. The summed E-state index contributed by atoms with van der Waals surface area (Å²) in [7, 11) is 0. The molecule has 1 heterocycles. The van der Waals surface area contributed by atoms with Gasteiger partial charge in [-0.05, 0) is 67.8 Å². The molecule has 0 spiro atoms. The van der Waals surface area contributed by atoms with Gasteiger partial charge in [0.2, 0.25) is 0 Å². The number of benzene rings is 1. The summed E-state index contributed by atoms with van der Waals surface area (Å²) in [5.41, 5.74) is 4.78. The first-order valence-corrected chi connectivity index (χ1v) is 6.23. The number of aryl methyl sites for hydroxylation is 2. The van der Waals surface area contributed by atoms with Crippen molar-refractivity contribution in [1.29, 1.82) is 0 Å². The van der Waals surface area contributed by atoms with E-state index in [1.165, 1.54) is 45.2 Å². The van der Waals surface area contributed by atoms with Crippen molar-refractivity contribution in [3.63, 3.8) is 0 Å². The lowest BCUT2D eigenvalue weighted by Gasteiger charge is -2.09. The van der Waals surface area contributed by atoms with E-state index in [4.69, 9.17) is 0 Å². The van der Waals surface area contributed by atoms with Gasteiger partial charge in [-0.15, -0.1) is 0 Å². The first-order chi connectivity index (χ1) is 7.42. The zero-order valence-corrected chi connectivity index (χ0v) is 9.26. The Labute approximate surface area is 91.9 Å². The molecule has 1 aromatic rings. The molecule has 1 aliphatic heterocycles. The van der Waals surface area contributed by atoms with Crippen LogP contribution in [0.25, 0.3) is 0 Å². The van der Waals surface area contributed by atoms with E-state index in [2.05, 4.69) is 23.5 Å². The highest BCUT2D eigenvalue weighted by Crippen LogP contribution is 2.24. The molecule has 1 saturated heterocycles. The van der Waals surface area contributed by atoms with Crippen molar-refractivity contribution in [3.05, 3.63) is 34.9 Å². The Kier molecular flexibility index (Phi) is 2.49. The SMILES string of the molecule is c1cc2c(cc1CC1CCNC1)CCC2. The zero-order chi connectivity index (χ0) is 10.1. The van der Waals surface area contributed by atoms with Crippen LogP contribution in [0.15, 0.2) is 18.2 Å². The van der Waals surface area contributed by atoms with Crippen LogP contribution in [0.4, 0.5) is 0 Å². The molecule has 3 rings (SSSR count). The Balaban J connectivity index is 1.75. The highest BCUT2D eigenvalue weighted by Gasteiger charge is 2.16. The van der Waals surface area contributed by atoms with Crippen LogP contribution in [-0.2, 0) is 19.3 Å². The van der Waals surface area contributed by atoms with Crippen molar-refractivity contribution in [2.45, 2.75) is 32.1 Å². The molecule has 1 aromatic carbocycles. The maximum absolute atomic E-state index is 3.44. The second kappa shape index (κ2) is 3.97. The first-order valence-electron chi connectivity index (χ1n) is 6.23. The molecule has 0 radical (unpaired) electrons. The lowest BCUT2D eigenvalue weighted by molar-refractivity contribution is 0.580. The third-order valence-electron chi connectivity index (χ3n) is 3.85. The second-order valence-corrected chi connectivity index (χ2v) is 5.02. The van der Waals surface area contributed by atoms with Gasteiger partial charge in [-0.25, -0.2) is 0 Å². The van der Waals surface area contributed by atoms with E-state index < -0.39 is 0 Å². The largest absolute Gasteiger partial charge is 0.316 e. The number of hydrogen-bond acceptors (Lipinski definition) is 1. The summed E-state index contributed by atoms with van der Waals surface area (Å²) in [5, 5.41) is 3.44. The lowest BCUT2D eigenvalue weighted by atomic mass is 9.96. The molecule has 1 unspecified atom stereocenters. The van der Waals surface area contributed by atoms with Crippen molar-refractivity contribution in [1.82, 2.24) is 5.32 Å². The minimum atomic E-state index is 0.879. The van der Waals surface area contributed by atoms with Crippen molar-refractivity contribution in [2.75, 3.05) is 13.1 Å². The Morgan fingerprint density at radius 2 is 2.13 bits per heavy atom. The van der Waals surface area contributed by atoms with Gasteiger partial charge in [-0.2, -0.15) is 0 Å². The van der Waals surface area contributed by atoms with Crippen LogP contribution in [-0.4, -0.2) is 13.1 Å². The van der Waals surface area contributed by atoms with E-state index in [-0.39, 0.29) is 0 Å². The van der Waals surface area contributed by atoms with Crippen LogP contribution in [0.3, 0.4) is 0 Å². The molecule has 2 aliphatic rings. The fourth-order valence-corrected chi connectivity index (χ4v) is 2.97. The number of hydrogen-bond donors (Lipinski definition) is 1. The Hall–Kier alpha value is -0.820. The van der Waals surface area contributed by atoms with E-state index in [1.807, 2.05) is 0 Å². The third kappa shape index (κ3) is 1.93. The standard InChI is InChI=1S/C14H19N/c1-2-13-5-4-11(9-14(13)3-1)8-12-6-7-15-10-12/h4-5,9,12,15H,1-3,6-8,10H2. The topological polar surface area (TPSA) is 12.0 Å². The lowest BCUT2D eigenvalue weighted by Crippen LogP contribution is -2.10. The summed E-state index contributed by atoms with van der Waals surface area (Å²) in [6.07, 6.45) is 6.62. The maximum atomic E-state index is 3.44. The van der Waals surface area contributed by atoms with Gasteiger partial charge in [0.15, 0.2) is 0 Å². The van der Waals surface area contributed by atoms with Crippen LogP contribution in [0.1, 0.15) is 29.5 Å². The van der Waals surface area contributed by atoms with Crippen molar-refractivity contribution < 1.29 is 0 Å². The summed E-state index contributed by atoms with van der Waals surface area (Å²) < 4.78 is 0. The van der Waals surface area contributed by atoms with Crippen LogP contribution in [0, 0.1) is 5.92 Å². The highest BCUT2D eigenvalue weighted by molar-refractivity contribution is 5.35. The summed E-state index contributed by atoms with van der Waals surface area (Å²) in [4.78, 5) is 0. The van der Waals surface area contributed by atoms with E-state index >= 15 is 0 Å². The van der Waals surface area contributed by atoms with Gasteiger partial charge < -0.3 is 5.32 Å². The van der Waals surface area contributed by atoms with Gasteiger partial charge in [-0.1, -0.05) is 18.2 Å². The molecule has 1 atom stereocenters. The average molecular weight is 201 g/mol. The van der Waals surface area contributed by atoms with Gasteiger partial charge in [0, 0.05) is 0 Å². The Morgan fingerprint density at radius 1 is 1.20 bits per heavy atom. The molecule has 1 N–H and O–H groups in total. The molecule has 0 saturated carbocycles. The third-order valence-corrected chi connectivity index (χ3v) is 3.85. The van der Waals surface area contributed by atoms with Crippen LogP contribution < -0.4 is 5.32 Å². The molecular weight excluding hydrogens is 182 g/mol. The number of rotatable bonds is 2. The second-order valence-electron chi connectivity index (χ2n) is 5.02. The zero-order valence-electron chi connectivity index (χ0n) is 9.26. The van der Waals surface area contributed by atoms with Gasteiger partial charge in [0.25, 0.3) is 0 Å². The average Bonchev–Trinajstić information content (AvgIpc) is 2.87. The maximum Gasteiger partial charge on any atom is -0.00169 e. The van der Waals surface area contributed by atoms with Crippen LogP contribution >= 0.6 is 0 Å². The van der Waals surface area contributed by atoms with Gasteiger partial charge in [0.05, 0.1) is 0 Å². The quantitative estimate of drug-likeness (QED) is 0.774. The fraction of sp³-hybridized carbons (Fsp3) is 0.571. The highest BCUT2D eigenvalue weighted by atomic mass is 14.9. The summed E-state index contributed by atoms with van der Waals surface area (Å²) >= 11 is 0. The fourth-order valence-electron chi connectivity index (χ4n) is 2.97. The van der Waals surface area contributed by atoms with Gasteiger partial charge >= 0.3 is 0 Å². The molecule has 0 aromatic heterocycles. The van der Waals surface area contributed by atoms with Crippen molar-refractivity contribution >= 4 is 0 Å². The summed E-state index contributed by atoms with van der Waals surface area (Å²) in [5.74, 6) is 0.879. The van der Waals surface area contributed by atoms with Crippen LogP contribution in [0.2, 0.25) is 0 Å². The molecule has 0 bridgehead atoms. The minimum Gasteiger partial charge on any atom is -0.316 e. The Bertz CT molecular complexity index is 350. The molecule has 15 heavy (non-hydrogen) atoms. The normalized spacial score (nSPS) is 24.4. The van der Waals surface area contributed by atoms with Crippen molar-refractivity contribution in [2.24, 2.45) is 5.92 Å². The first kappa shape index (κ1) is 9.41. The molecule has 1 aliphatic carbocycles. The number of fused-ring (bicyclic) bond motifs is 1. The molecule has 1 fully saturated rings. The predicted molar refractivity (Wildman–Crippen MR) is 63.1 cm³/mol. The molecule has 1 heteroatoms. The smallest absolute Gasteiger partial charge is 0.00169 e. The summed E-state index contributed by atoms with van der Waals surface area (Å²) in [6, 6.07) is 7.17. The molecular formula is C14H19N. The summed E-state index contributed by atoms with van der Waals surface area (Å²) in [6.45, 7) is 2.44. The van der Waals surface area contributed by atoms with Gasteiger partial charge in [0.1, 0.15) is 0 Å². The molecule has 0 amide bonds. The van der Waals surface area contributed by atoms with Gasteiger partial charge in [-0.3, -0.25) is 0 Å².